The van der Waals surface area contributed by atoms with Gasteiger partial charge >= 0.3 is 0 Å². The lowest BCUT2D eigenvalue weighted by Crippen LogP contribution is -2.46. The molecule has 2 unspecified atom stereocenters. The Labute approximate surface area is 152 Å². The third-order valence-corrected chi connectivity index (χ3v) is 4.53. The van der Waals surface area contributed by atoms with E-state index in [2.05, 4.69) is 28.7 Å². The fourth-order valence-corrected chi connectivity index (χ4v) is 3.41. The van der Waals surface area contributed by atoms with E-state index in [1.807, 2.05) is 37.4 Å². The molecule has 3 aromatic rings. The molecular weight excluding hydrogens is 328 g/mol. The summed E-state index contributed by atoms with van der Waals surface area (Å²) in [6.07, 6.45) is 5.62. The molecule has 0 aromatic carbocycles. The van der Waals surface area contributed by atoms with Gasteiger partial charge in [0.1, 0.15) is 5.76 Å². The Bertz CT molecular complexity index is 884. The van der Waals surface area contributed by atoms with Gasteiger partial charge in [0.15, 0.2) is 0 Å². The van der Waals surface area contributed by atoms with Gasteiger partial charge in [-0.2, -0.15) is 0 Å². The second kappa shape index (κ2) is 6.88. The molecule has 1 aliphatic rings. The van der Waals surface area contributed by atoms with Crippen LogP contribution in [0.5, 0.6) is 0 Å². The molecule has 134 valence electrons. The molecule has 1 aliphatic heterocycles. The SMILES string of the molecule is Cc1occc1-c1nc(N2CC(C)OC(C)C2)ncc1-c1ccccn1. The van der Waals surface area contributed by atoms with E-state index in [0.717, 1.165) is 41.4 Å². The molecule has 0 bridgehead atoms. The first-order valence-electron chi connectivity index (χ1n) is 8.85. The van der Waals surface area contributed by atoms with Gasteiger partial charge < -0.3 is 14.1 Å². The second-order valence-electron chi connectivity index (χ2n) is 6.70. The van der Waals surface area contributed by atoms with Crippen molar-refractivity contribution in [2.75, 3.05) is 18.0 Å². The van der Waals surface area contributed by atoms with Crippen molar-refractivity contribution in [1.29, 1.82) is 0 Å². The van der Waals surface area contributed by atoms with Gasteiger partial charge in [-0.15, -0.1) is 0 Å². The number of hydrogen-bond acceptors (Lipinski definition) is 6. The molecule has 0 spiro atoms. The molecule has 4 rings (SSSR count). The number of morpholine rings is 1. The van der Waals surface area contributed by atoms with Gasteiger partial charge in [0, 0.05) is 36.6 Å². The lowest BCUT2D eigenvalue weighted by Gasteiger charge is -2.35. The Balaban J connectivity index is 1.81. The van der Waals surface area contributed by atoms with E-state index >= 15 is 0 Å². The Morgan fingerprint density at radius 2 is 1.85 bits per heavy atom. The minimum absolute atomic E-state index is 0.150. The summed E-state index contributed by atoms with van der Waals surface area (Å²) < 4.78 is 11.3. The van der Waals surface area contributed by atoms with Crippen molar-refractivity contribution in [3.63, 3.8) is 0 Å². The maximum Gasteiger partial charge on any atom is 0.226 e. The summed E-state index contributed by atoms with van der Waals surface area (Å²) in [6.45, 7) is 7.64. The Morgan fingerprint density at radius 1 is 1.04 bits per heavy atom. The lowest BCUT2D eigenvalue weighted by molar-refractivity contribution is -0.00571. The summed E-state index contributed by atoms with van der Waals surface area (Å²) in [5, 5.41) is 0. The summed E-state index contributed by atoms with van der Waals surface area (Å²) in [6, 6.07) is 7.78. The van der Waals surface area contributed by atoms with Gasteiger partial charge in [0.05, 0.1) is 29.9 Å². The first kappa shape index (κ1) is 16.7. The van der Waals surface area contributed by atoms with Crippen molar-refractivity contribution in [2.24, 2.45) is 0 Å². The van der Waals surface area contributed by atoms with Crippen LogP contribution in [-0.2, 0) is 4.74 Å². The number of aromatic nitrogens is 3. The number of pyridine rings is 1. The highest BCUT2D eigenvalue weighted by atomic mass is 16.5. The number of ether oxygens (including phenoxy) is 1. The third-order valence-electron chi connectivity index (χ3n) is 4.53. The van der Waals surface area contributed by atoms with Crippen molar-refractivity contribution in [2.45, 2.75) is 33.0 Å². The van der Waals surface area contributed by atoms with Crippen LogP contribution in [0.1, 0.15) is 19.6 Å². The van der Waals surface area contributed by atoms with E-state index in [1.54, 1.807) is 12.5 Å². The predicted molar refractivity (Wildman–Crippen MR) is 99.9 cm³/mol. The van der Waals surface area contributed by atoms with E-state index in [0.29, 0.717) is 5.95 Å². The van der Waals surface area contributed by atoms with E-state index in [9.17, 15) is 0 Å². The quantitative estimate of drug-likeness (QED) is 0.717. The van der Waals surface area contributed by atoms with Crippen LogP contribution in [-0.4, -0.2) is 40.2 Å². The standard InChI is InChI=1S/C20H22N4O2/c1-13-11-24(12-14(2)26-13)20-22-10-17(18-6-4-5-8-21-18)19(23-20)16-7-9-25-15(16)3/h4-10,13-14H,11-12H2,1-3H3. The van der Waals surface area contributed by atoms with Gasteiger partial charge in [-0.3, -0.25) is 4.98 Å². The average molecular weight is 350 g/mol. The van der Waals surface area contributed by atoms with Crippen LogP contribution in [0, 0.1) is 6.92 Å². The molecule has 0 saturated carbocycles. The zero-order valence-electron chi connectivity index (χ0n) is 15.2. The maximum absolute atomic E-state index is 5.83. The fraction of sp³-hybridized carbons (Fsp3) is 0.350. The second-order valence-corrected chi connectivity index (χ2v) is 6.70. The normalized spacial score (nSPS) is 20.3. The predicted octanol–water partition coefficient (Wildman–Crippen LogP) is 3.72. The number of rotatable bonds is 3. The molecule has 26 heavy (non-hydrogen) atoms. The largest absolute Gasteiger partial charge is 0.469 e. The lowest BCUT2D eigenvalue weighted by atomic mass is 10.1. The Morgan fingerprint density at radius 3 is 2.50 bits per heavy atom. The average Bonchev–Trinajstić information content (AvgIpc) is 3.07. The third kappa shape index (κ3) is 3.20. The van der Waals surface area contributed by atoms with Crippen molar-refractivity contribution >= 4 is 5.95 Å². The summed E-state index contributed by atoms with van der Waals surface area (Å²) in [4.78, 5) is 16.2. The molecule has 1 saturated heterocycles. The van der Waals surface area contributed by atoms with Crippen molar-refractivity contribution in [1.82, 2.24) is 15.0 Å². The van der Waals surface area contributed by atoms with Gasteiger partial charge in [-0.05, 0) is 39.0 Å². The molecule has 2 atom stereocenters. The zero-order chi connectivity index (χ0) is 18.1. The van der Waals surface area contributed by atoms with Crippen LogP contribution in [0.4, 0.5) is 5.95 Å². The zero-order valence-corrected chi connectivity index (χ0v) is 15.2. The molecule has 6 nitrogen and oxygen atoms in total. The highest BCUT2D eigenvalue weighted by Crippen LogP contribution is 2.33. The molecule has 4 heterocycles. The molecule has 0 N–H and O–H groups in total. The number of furan rings is 1. The van der Waals surface area contributed by atoms with E-state index in [1.165, 1.54) is 0 Å². The van der Waals surface area contributed by atoms with Crippen molar-refractivity contribution in [3.8, 4) is 22.5 Å². The maximum atomic E-state index is 5.83. The fourth-order valence-electron chi connectivity index (χ4n) is 3.41. The van der Waals surface area contributed by atoms with E-state index < -0.39 is 0 Å². The van der Waals surface area contributed by atoms with Gasteiger partial charge in [0.2, 0.25) is 5.95 Å². The highest BCUT2D eigenvalue weighted by Gasteiger charge is 2.25. The minimum atomic E-state index is 0.150. The molecular formula is C20H22N4O2. The first-order chi connectivity index (χ1) is 12.6. The van der Waals surface area contributed by atoms with Crippen LogP contribution < -0.4 is 4.90 Å². The molecule has 0 radical (unpaired) electrons. The summed E-state index contributed by atoms with van der Waals surface area (Å²) in [5.41, 5.74) is 3.54. The highest BCUT2D eigenvalue weighted by molar-refractivity contribution is 5.80. The van der Waals surface area contributed by atoms with Crippen LogP contribution in [0.15, 0.2) is 47.3 Å². The number of hydrogen-bond donors (Lipinski definition) is 0. The molecule has 3 aromatic heterocycles. The van der Waals surface area contributed by atoms with Crippen LogP contribution in [0.2, 0.25) is 0 Å². The topological polar surface area (TPSA) is 64.3 Å². The van der Waals surface area contributed by atoms with Gasteiger partial charge in [-0.1, -0.05) is 6.07 Å². The summed E-state index contributed by atoms with van der Waals surface area (Å²) >= 11 is 0. The van der Waals surface area contributed by atoms with Crippen molar-refractivity contribution in [3.05, 3.63) is 48.7 Å². The number of anilines is 1. The van der Waals surface area contributed by atoms with Crippen molar-refractivity contribution < 1.29 is 9.15 Å². The van der Waals surface area contributed by atoms with Gasteiger partial charge in [0.25, 0.3) is 0 Å². The van der Waals surface area contributed by atoms with Crippen LogP contribution in [0.3, 0.4) is 0 Å². The number of aryl methyl sites for hydroxylation is 1. The molecule has 6 heteroatoms. The minimum Gasteiger partial charge on any atom is -0.469 e. The Hall–Kier alpha value is -2.73. The Kier molecular flexibility index (Phi) is 4.42. The molecule has 0 amide bonds. The number of nitrogens with zero attached hydrogens (tertiary/aromatic N) is 4. The molecule has 1 fully saturated rings. The molecule has 0 aliphatic carbocycles. The smallest absolute Gasteiger partial charge is 0.226 e. The van der Waals surface area contributed by atoms with Gasteiger partial charge in [-0.25, -0.2) is 9.97 Å². The summed E-state index contributed by atoms with van der Waals surface area (Å²) in [7, 11) is 0. The van der Waals surface area contributed by atoms with E-state index in [4.69, 9.17) is 14.1 Å². The van der Waals surface area contributed by atoms with Crippen LogP contribution >= 0.6 is 0 Å². The monoisotopic (exact) mass is 350 g/mol. The summed E-state index contributed by atoms with van der Waals surface area (Å²) in [5.74, 6) is 1.54. The van der Waals surface area contributed by atoms with E-state index in [-0.39, 0.29) is 12.2 Å². The van der Waals surface area contributed by atoms with Crippen LogP contribution in [0.25, 0.3) is 22.5 Å². The first-order valence-corrected chi connectivity index (χ1v) is 8.85.